The minimum atomic E-state index is -0.264. The number of likely N-dealkylation sites (tertiary alicyclic amines) is 1. The van der Waals surface area contributed by atoms with E-state index in [-0.39, 0.29) is 30.4 Å². The third-order valence-corrected chi connectivity index (χ3v) is 6.25. The molecule has 2 aliphatic heterocycles. The van der Waals surface area contributed by atoms with Crippen LogP contribution in [0, 0.1) is 0 Å². The summed E-state index contributed by atoms with van der Waals surface area (Å²) in [6.07, 6.45) is 3.31. The monoisotopic (exact) mass is 416 g/mol. The van der Waals surface area contributed by atoms with Gasteiger partial charge in [0.15, 0.2) is 0 Å². The normalized spacial score (nSPS) is 17.7. The van der Waals surface area contributed by atoms with Crippen molar-refractivity contribution in [3.8, 4) is 0 Å². The number of hydrogen-bond acceptors (Lipinski definition) is 3. The highest BCUT2D eigenvalue weighted by molar-refractivity contribution is 6.19. The van der Waals surface area contributed by atoms with Crippen LogP contribution in [0.25, 0.3) is 10.9 Å². The zero-order chi connectivity index (χ0) is 21.4. The number of fused-ring (bicyclic) bond motifs is 1. The van der Waals surface area contributed by atoms with E-state index in [4.69, 9.17) is 0 Å². The van der Waals surface area contributed by atoms with E-state index < -0.39 is 0 Å². The molecule has 3 aromatic rings. The van der Waals surface area contributed by atoms with Crippen LogP contribution in [0.3, 0.4) is 0 Å². The maximum Gasteiger partial charge on any atom is 0.332 e. The fraction of sp³-hybridized carbons (Fsp3) is 0.292. The second-order valence-electron chi connectivity index (χ2n) is 8.09. The van der Waals surface area contributed by atoms with Crippen LogP contribution in [0.1, 0.15) is 12.8 Å². The van der Waals surface area contributed by atoms with Gasteiger partial charge >= 0.3 is 6.03 Å². The molecule has 2 saturated heterocycles. The lowest BCUT2D eigenvalue weighted by Crippen LogP contribution is -2.48. The van der Waals surface area contributed by atoms with E-state index >= 15 is 0 Å². The number of rotatable bonds is 4. The number of carbonyl (C=O) groups excluding carboxylic acids is 3. The standard InChI is InChI=1S/C24H24N4O3/c29-22(16-26-13-10-18-6-4-5-9-21(18)26)25-14-11-19(12-15-25)27-17-23(30)28(24(27)31)20-7-2-1-3-8-20/h1-10,13,19H,11-12,14-17H2. The first-order chi connectivity index (χ1) is 15.1. The van der Waals surface area contributed by atoms with Crippen molar-refractivity contribution < 1.29 is 14.4 Å². The summed E-state index contributed by atoms with van der Waals surface area (Å²) in [6, 6.07) is 18.8. The molecule has 2 aromatic carbocycles. The highest BCUT2D eigenvalue weighted by Gasteiger charge is 2.41. The van der Waals surface area contributed by atoms with Gasteiger partial charge in [-0.1, -0.05) is 36.4 Å². The Bertz CT molecular complexity index is 1130. The molecule has 2 aliphatic rings. The maximum atomic E-state index is 12.9. The minimum absolute atomic E-state index is 0.0263. The third-order valence-electron chi connectivity index (χ3n) is 6.25. The molecule has 1 aromatic heterocycles. The van der Waals surface area contributed by atoms with Gasteiger partial charge in [0.2, 0.25) is 5.91 Å². The number of carbonyl (C=O) groups is 3. The second-order valence-corrected chi connectivity index (χ2v) is 8.09. The minimum Gasteiger partial charge on any atom is -0.341 e. The number of benzene rings is 2. The fourth-order valence-corrected chi connectivity index (χ4v) is 4.59. The van der Waals surface area contributed by atoms with Gasteiger partial charge in [0, 0.05) is 30.8 Å². The molecule has 0 unspecified atom stereocenters. The smallest absolute Gasteiger partial charge is 0.332 e. The number of imide groups is 1. The molecule has 31 heavy (non-hydrogen) atoms. The first-order valence-corrected chi connectivity index (χ1v) is 10.6. The lowest BCUT2D eigenvalue weighted by Gasteiger charge is -2.36. The number of urea groups is 1. The molecule has 5 rings (SSSR count). The van der Waals surface area contributed by atoms with Gasteiger partial charge in [-0.2, -0.15) is 0 Å². The zero-order valence-corrected chi connectivity index (χ0v) is 17.2. The van der Waals surface area contributed by atoms with Crippen molar-refractivity contribution in [1.82, 2.24) is 14.4 Å². The highest BCUT2D eigenvalue weighted by atomic mass is 16.2. The molecule has 0 radical (unpaired) electrons. The predicted octanol–water partition coefficient (Wildman–Crippen LogP) is 3.10. The largest absolute Gasteiger partial charge is 0.341 e. The van der Waals surface area contributed by atoms with Crippen LogP contribution in [0.2, 0.25) is 0 Å². The van der Waals surface area contributed by atoms with Crippen molar-refractivity contribution in [3.63, 3.8) is 0 Å². The van der Waals surface area contributed by atoms with Crippen LogP contribution in [0.5, 0.6) is 0 Å². The van der Waals surface area contributed by atoms with Gasteiger partial charge in [0.1, 0.15) is 13.1 Å². The first kappa shape index (κ1) is 19.4. The summed E-state index contributed by atoms with van der Waals surface area (Å²) in [4.78, 5) is 43.0. The molecule has 3 heterocycles. The fourth-order valence-electron chi connectivity index (χ4n) is 4.59. The molecule has 0 atom stereocenters. The van der Waals surface area contributed by atoms with Gasteiger partial charge in [0.25, 0.3) is 5.91 Å². The van der Waals surface area contributed by atoms with Crippen molar-refractivity contribution in [2.75, 3.05) is 24.5 Å². The van der Waals surface area contributed by atoms with E-state index in [2.05, 4.69) is 0 Å². The molecule has 0 spiro atoms. The number of nitrogens with zero attached hydrogens (tertiary/aromatic N) is 4. The van der Waals surface area contributed by atoms with E-state index in [1.54, 1.807) is 17.0 Å². The highest BCUT2D eigenvalue weighted by Crippen LogP contribution is 2.26. The number of para-hydroxylation sites is 2. The average Bonchev–Trinajstić information content (AvgIpc) is 3.34. The summed E-state index contributed by atoms with van der Waals surface area (Å²) in [6.45, 7) is 1.58. The van der Waals surface area contributed by atoms with Crippen molar-refractivity contribution in [2.24, 2.45) is 0 Å². The maximum absolute atomic E-state index is 12.9. The van der Waals surface area contributed by atoms with Gasteiger partial charge in [-0.05, 0) is 42.5 Å². The summed E-state index contributed by atoms with van der Waals surface area (Å²) < 4.78 is 1.98. The molecule has 0 saturated carbocycles. The molecule has 7 nitrogen and oxygen atoms in total. The van der Waals surface area contributed by atoms with E-state index in [9.17, 15) is 14.4 Å². The Hall–Kier alpha value is -3.61. The summed E-state index contributed by atoms with van der Waals surface area (Å²) in [5.74, 6) is -0.122. The Morgan fingerprint density at radius 2 is 1.61 bits per heavy atom. The van der Waals surface area contributed by atoms with Crippen LogP contribution in [-0.4, -0.2) is 57.9 Å². The molecule has 4 amide bonds. The van der Waals surface area contributed by atoms with Gasteiger partial charge < -0.3 is 14.4 Å². The van der Waals surface area contributed by atoms with E-state index in [0.717, 1.165) is 10.9 Å². The quantitative estimate of drug-likeness (QED) is 0.614. The second kappa shape index (κ2) is 7.91. The van der Waals surface area contributed by atoms with Crippen LogP contribution in [0.15, 0.2) is 66.9 Å². The Kier molecular flexibility index (Phi) is 4.94. The summed E-state index contributed by atoms with van der Waals surface area (Å²) in [7, 11) is 0. The molecular weight excluding hydrogens is 392 g/mol. The number of hydrogen-bond donors (Lipinski definition) is 0. The SMILES string of the molecule is O=C(Cn1ccc2ccccc21)N1CCC(N2CC(=O)N(c3ccccc3)C2=O)CC1. The van der Waals surface area contributed by atoms with E-state index in [1.165, 1.54) is 4.90 Å². The van der Waals surface area contributed by atoms with Gasteiger partial charge in [-0.25, -0.2) is 9.69 Å². The Morgan fingerprint density at radius 3 is 2.39 bits per heavy atom. The van der Waals surface area contributed by atoms with E-state index in [1.807, 2.05) is 64.2 Å². The van der Waals surface area contributed by atoms with Crippen LogP contribution >= 0.6 is 0 Å². The number of amides is 4. The summed E-state index contributed by atoms with van der Waals surface area (Å²) in [5.41, 5.74) is 1.65. The van der Waals surface area contributed by atoms with Gasteiger partial charge in [0.05, 0.1) is 5.69 Å². The molecular formula is C24H24N4O3. The lowest BCUT2D eigenvalue weighted by atomic mass is 10.0. The van der Waals surface area contributed by atoms with Crippen molar-refractivity contribution in [1.29, 1.82) is 0 Å². The van der Waals surface area contributed by atoms with Crippen molar-refractivity contribution in [2.45, 2.75) is 25.4 Å². The van der Waals surface area contributed by atoms with Crippen LogP contribution < -0.4 is 4.90 Å². The molecule has 7 heteroatoms. The summed E-state index contributed by atoms with van der Waals surface area (Å²) in [5, 5.41) is 1.12. The number of anilines is 1. The molecule has 0 bridgehead atoms. The number of piperidine rings is 1. The lowest BCUT2D eigenvalue weighted by molar-refractivity contribution is -0.133. The van der Waals surface area contributed by atoms with Crippen LogP contribution in [-0.2, 0) is 16.1 Å². The van der Waals surface area contributed by atoms with Gasteiger partial charge in [-0.3, -0.25) is 9.59 Å². The molecule has 0 aliphatic carbocycles. The Labute approximate surface area is 180 Å². The first-order valence-electron chi connectivity index (χ1n) is 10.6. The molecule has 158 valence electrons. The van der Waals surface area contributed by atoms with Gasteiger partial charge in [-0.15, -0.1) is 0 Å². The van der Waals surface area contributed by atoms with E-state index in [0.29, 0.717) is 38.2 Å². The number of aromatic nitrogens is 1. The van der Waals surface area contributed by atoms with Crippen LogP contribution in [0.4, 0.5) is 10.5 Å². The topological polar surface area (TPSA) is 65.9 Å². The predicted molar refractivity (Wildman–Crippen MR) is 118 cm³/mol. The Balaban J connectivity index is 1.21. The average molecular weight is 416 g/mol. The van der Waals surface area contributed by atoms with Crippen molar-refractivity contribution >= 4 is 34.4 Å². The molecule has 2 fully saturated rings. The third kappa shape index (κ3) is 3.56. The zero-order valence-electron chi connectivity index (χ0n) is 17.2. The Morgan fingerprint density at radius 1 is 0.903 bits per heavy atom. The van der Waals surface area contributed by atoms with Crippen molar-refractivity contribution in [3.05, 3.63) is 66.9 Å². The summed E-state index contributed by atoms with van der Waals surface area (Å²) >= 11 is 0. The molecule has 0 N–H and O–H groups in total.